The van der Waals surface area contributed by atoms with Gasteiger partial charge >= 0.3 is 0 Å². The van der Waals surface area contributed by atoms with Crippen LogP contribution in [0.3, 0.4) is 0 Å². The van der Waals surface area contributed by atoms with E-state index in [-0.39, 0.29) is 10.6 Å². The number of anilines is 1. The molecule has 0 saturated heterocycles. The van der Waals surface area contributed by atoms with Gasteiger partial charge in [0.1, 0.15) is 5.82 Å². The van der Waals surface area contributed by atoms with E-state index in [1.54, 1.807) is 12.1 Å². The number of benzene rings is 2. The van der Waals surface area contributed by atoms with Crippen LogP contribution in [0.1, 0.15) is 11.1 Å². The maximum absolute atomic E-state index is 13.0. The van der Waals surface area contributed by atoms with Crippen molar-refractivity contribution in [3.8, 4) is 0 Å². The van der Waals surface area contributed by atoms with Crippen LogP contribution >= 0.6 is 0 Å². The predicted octanol–water partition coefficient (Wildman–Crippen LogP) is 3.24. The number of hydrogen-bond acceptors (Lipinski definition) is 2. The van der Waals surface area contributed by atoms with Crippen LogP contribution in [0.5, 0.6) is 0 Å². The van der Waals surface area contributed by atoms with Crippen LogP contribution in [0.2, 0.25) is 0 Å². The van der Waals surface area contributed by atoms with Crippen molar-refractivity contribution in [2.45, 2.75) is 18.7 Å². The van der Waals surface area contributed by atoms with Gasteiger partial charge in [-0.05, 0) is 55.3 Å². The van der Waals surface area contributed by atoms with Gasteiger partial charge in [-0.2, -0.15) is 0 Å². The first-order chi connectivity index (χ1) is 8.88. The van der Waals surface area contributed by atoms with Crippen molar-refractivity contribution in [1.82, 2.24) is 0 Å². The average molecular weight is 279 g/mol. The van der Waals surface area contributed by atoms with Crippen molar-refractivity contribution in [1.29, 1.82) is 0 Å². The van der Waals surface area contributed by atoms with Gasteiger partial charge in [-0.15, -0.1) is 0 Å². The number of hydrogen-bond donors (Lipinski definition) is 1. The molecule has 0 radical (unpaired) electrons. The summed E-state index contributed by atoms with van der Waals surface area (Å²) in [5.74, 6) is -0.486. The van der Waals surface area contributed by atoms with E-state index in [0.29, 0.717) is 0 Å². The summed E-state index contributed by atoms with van der Waals surface area (Å²) in [7, 11) is -3.69. The van der Waals surface area contributed by atoms with Crippen LogP contribution < -0.4 is 4.72 Å². The maximum atomic E-state index is 13.0. The molecule has 5 heteroatoms. The van der Waals surface area contributed by atoms with Gasteiger partial charge in [0, 0.05) is 0 Å². The van der Waals surface area contributed by atoms with E-state index >= 15 is 0 Å². The minimum atomic E-state index is -3.69. The molecular weight excluding hydrogens is 265 g/mol. The first-order valence-electron chi connectivity index (χ1n) is 5.74. The standard InChI is InChI=1S/C14H14FNO2S/c1-10-6-7-14(8-11(10)2)19(17,18)16-13-5-3-4-12(15)9-13/h3-9,16H,1-2H3. The van der Waals surface area contributed by atoms with E-state index in [1.165, 1.54) is 24.3 Å². The lowest BCUT2D eigenvalue weighted by molar-refractivity contribution is 0.601. The molecule has 1 N–H and O–H groups in total. The van der Waals surface area contributed by atoms with Crippen molar-refractivity contribution in [3.63, 3.8) is 0 Å². The monoisotopic (exact) mass is 279 g/mol. The molecule has 0 aliphatic rings. The van der Waals surface area contributed by atoms with Gasteiger partial charge in [0.25, 0.3) is 10.0 Å². The Morgan fingerprint density at radius 3 is 2.37 bits per heavy atom. The van der Waals surface area contributed by atoms with Crippen molar-refractivity contribution < 1.29 is 12.8 Å². The van der Waals surface area contributed by atoms with Crippen LogP contribution in [0.15, 0.2) is 47.4 Å². The highest BCUT2D eigenvalue weighted by Gasteiger charge is 2.14. The number of halogens is 1. The fourth-order valence-corrected chi connectivity index (χ4v) is 2.78. The normalized spacial score (nSPS) is 11.3. The molecular formula is C14H14FNO2S. The predicted molar refractivity (Wildman–Crippen MR) is 73.1 cm³/mol. The second-order valence-electron chi connectivity index (χ2n) is 4.36. The summed E-state index contributed by atoms with van der Waals surface area (Å²) in [5.41, 5.74) is 2.12. The molecule has 19 heavy (non-hydrogen) atoms. The summed E-state index contributed by atoms with van der Waals surface area (Å²) < 4.78 is 39.7. The Bertz CT molecular complexity index is 711. The summed E-state index contributed by atoms with van der Waals surface area (Å²) >= 11 is 0. The molecule has 0 bridgehead atoms. The number of aryl methyl sites for hydroxylation is 2. The lowest BCUT2D eigenvalue weighted by Crippen LogP contribution is -2.13. The van der Waals surface area contributed by atoms with Crippen LogP contribution in [0.4, 0.5) is 10.1 Å². The van der Waals surface area contributed by atoms with E-state index in [1.807, 2.05) is 13.8 Å². The molecule has 0 saturated carbocycles. The number of sulfonamides is 1. The van der Waals surface area contributed by atoms with Gasteiger partial charge in [-0.3, -0.25) is 4.72 Å². The lowest BCUT2D eigenvalue weighted by Gasteiger charge is -2.09. The first kappa shape index (κ1) is 13.5. The third-order valence-corrected chi connectivity index (χ3v) is 4.24. The fraction of sp³-hybridized carbons (Fsp3) is 0.143. The fourth-order valence-electron chi connectivity index (χ4n) is 1.65. The Morgan fingerprint density at radius 1 is 1.00 bits per heavy atom. The molecule has 3 nitrogen and oxygen atoms in total. The zero-order valence-electron chi connectivity index (χ0n) is 10.6. The summed E-state index contributed by atoms with van der Waals surface area (Å²) in [5, 5.41) is 0. The third-order valence-electron chi connectivity index (χ3n) is 2.87. The van der Waals surface area contributed by atoms with Crippen molar-refractivity contribution in [2.24, 2.45) is 0 Å². The largest absolute Gasteiger partial charge is 0.280 e. The van der Waals surface area contributed by atoms with E-state index in [2.05, 4.69) is 4.72 Å². The summed E-state index contributed by atoms with van der Waals surface area (Å²) in [6.07, 6.45) is 0. The Kier molecular flexibility index (Phi) is 3.57. The van der Waals surface area contributed by atoms with E-state index < -0.39 is 15.8 Å². The highest BCUT2D eigenvalue weighted by atomic mass is 32.2. The smallest absolute Gasteiger partial charge is 0.261 e. The molecule has 2 rings (SSSR count). The highest BCUT2D eigenvalue weighted by molar-refractivity contribution is 7.92. The molecule has 0 aliphatic heterocycles. The minimum Gasteiger partial charge on any atom is -0.280 e. The molecule has 0 unspecified atom stereocenters. The van der Waals surface area contributed by atoms with Gasteiger partial charge in [-0.1, -0.05) is 12.1 Å². The molecule has 0 spiro atoms. The molecule has 0 aromatic heterocycles. The third kappa shape index (κ3) is 3.12. The molecule has 2 aromatic carbocycles. The van der Waals surface area contributed by atoms with Gasteiger partial charge in [0.15, 0.2) is 0 Å². The zero-order chi connectivity index (χ0) is 14.0. The quantitative estimate of drug-likeness (QED) is 0.937. The minimum absolute atomic E-state index is 0.167. The van der Waals surface area contributed by atoms with Crippen molar-refractivity contribution >= 4 is 15.7 Å². The number of rotatable bonds is 3. The summed E-state index contributed by atoms with van der Waals surface area (Å²) in [6, 6.07) is 10.2. The highest BCUT2D eigenvalue weighted by Crippen LogP contribution is 2.19. The van der Waals surface area contributed by atoms with Crippen LogP contribution in [0, 0.1) is 19.7 Å². The molecule has 0 heterocycles. The molecule has 2 aromatic rings. The summed E-state index contributed by atoms with van der Waals surface area (Å²) in [6.45, 7) is 3.75. The molecule has 0 aliphatic carbocycles. The van der Waals surface area contributed by atoms with E-state index in [9.17, 15) is 12.8 Å². The maximum Gasteiger partial charge on any atom is 0.261 e. The average Bonchev–Trinajstić information content (AvgIpc) is 2.32. The Labute approximate surface area is 112 Å². The SMILES string of the molecule is Cc1ccc(S(=O)(=O)Nc2cccc(F)c2)cc1C. The van der Waals surface area contributed by atoms with Crippen LogP contribution in [-0.2, 0) is 10.0 Å². The Balaban J connectivity index is 2.35. The molecule has 100 valence electrons. The molecule has 0 fully saturated rings. The number of nitrogens with one attached hydrogen (secondary N) is 1. The van der Waals surface area contributed by atoms with Crippen LogP contribution in [-0.4, -0.2) is 8.42 Å². The second-order valence-corrected chi connectivity index (χ2v) is 6.04. The Hall–Kier alpha value is -1.88. The summed E-state index contributed by atoms with van der Waals surface area (Å²) in [4.78, 5) is 0.167. The first-order valence-corrected chi connectivity index (χ1v) is 7.22. The van der Waals surface area contributed by atoms with E-state index in [4.69, 9.17) is 0 Å². The topological polar surface area (TPSA) is 46.2 Å². The Morgan fingerprint density at radius 2 is 1.74 bits per heavy atom. The van der Waals surface area contributed by atoms with E-state index in [0.717, 1.165) is 17.2 Å². The van der Waals surface area contributed by atoms with Gasteiger partial charge < -0.3 is 0 Å². The van der Waals surface area contributed by atoms with Gasteiger partial charge in [0.05, 0.1) is 10.6 Å². The molecule has 0 atom stereocenters. The van der Waals surface area contributed by atoms with Crippen molar-refractivity contribution in [3.05, 3.63) is 59.4 Å². The van der Waals surface area contributed by atoms with Gasteiger partial charge in [0.2, 0.25) is 0 Å². The van der Waals surface area contributed by atoms with Crippen molar-refractivity contribution in [2.75, 3.05) is 4.72 Å². The lowest BCUT2D eigenvalue weighted by atomic mass is 10.1. The van der Waals surface area contributed by atoms with Crippen LogP contribution in [0.25, 0.3) is 0 Å². The van der Waals surface area contributed by atoms with Gasteiger partial charge in [-0.25, -0.2) is 12.8 Å². The second kappa shape index (κ2) is 5.01. The zero-order valence-corrected chi connectivity index (χ0v) is 11.5. The molecule has 0 amide bonds.